The van der Waals surface area contributed by atoms with Crippen LogP contribution in [-0.2, 0) is 6.42 Å². The highest BCUT2D eigenvalue weighted by atomic mass is 32.1. The first-order valence-electron chi connectivity index (χ1n) is 5.45. The molecule has 1 saturated carbocycles. The van der Waals surface area contributed by atoms with Crippen molar-refractivity contribution in [3.63, 3.8) is 0 Å². The largest absolute Gasteiger partial charge is 0.476 e. The summed E-state index contributed by atoms with van der Waals surface area (Å²) in [6.45, 7) is 2.07. The van der Waals surface area contributed by atoms with E-state index in [1.54, 1.807) is 0 Å². The summed E-state index contributed by atoms with van der Waals surface area (Å²) in [5.41, 5.74) is 1.07. The maximum atomic E-state index is 10.8. The van der Waals surface area contributed by atoms with Gasteiger partial charge in [0, 0.05) is 10.8 Å². The van der Waals surface area contributed by atoms with Gasteiger partial charge in [-0.25, -0.2) is 9.78 Å². The number of aryl methyl sites for hydroxylation is 1. The smallest absolute Gasteiger partial charge is 0.365 e. The van der Waals surface area contributed by atoms with E-state index in [1.165, 1.54) is 41.9 Å². The molecule has 1 aliphatic carbocycles. The molecule has 0 aliphatic heterocycles. The molecule has 3 nitrogen and oxygen atoms in total. The van der Waals surface area contributed by atoms with Gasteiger partial charge in [0.15, 0.2) is 0 Å². The standard InChI is InChI=1S/C11H15NO2S/c1-2-8-9(7-5-3-4-6-7)12-10(15-8)11(13)14/h7H,2-6H2,1H3,(H,13,14). The van der Waals surface area contributed by atoms with Crippen LogP contribution in [-0.4, -0.2) is 16.1 Å². The number of nitrogens with zero attached hydrogens (tertiary/aromatic N) is 1. The van der Waals surface area contributed by atoms with Crippen LogP contribution in [0.3, 0.4) is 0 Å². The Bertz CT molecular complexity index is 367. The van der Waals surface area contributed by atoms with Gasteiger partial charge in [0.2, 0.25) is 5.01 Å². The molecule has 0 unspecified atom stereocenters. The molecule has 0 atom stereocenters. The summed E-state index contributed by atoms with van der Waals surface area (Å²) in [6.07, 6.45) is 5.77. The van der Waals surface area contributed by atoms with E-state index in [0.717, 1.165) is 12.1 Å². The highest BCUT2D eigenvalue weighted by Gasteiger charge is 2.24. The zero-order valence-corrected chi connectivity index (χ0v) is 9.64. The van der Waals surface area contributed by atoms with Gasteiger partial charge < -0.3 is 5.11 Å². The van der Waals surface area contributed by atoms with E-state index in [0.29, 0.717) is 5.92 Å². The summed E-state index contributed by atoms with van der Waals surface area (Å²) in [4.78, 5) is 16.3. The van der Waals surface area contributed by atoms with Crippen molar-refractivity contribution in [3.05, 3.63) is 15.6 Å². The van der Waals surface area contributed by atoms with Gasteiger partial charge in [-0.05, 0) is 19.3 Å². The van der Waals surface area contributed by atoms with E-state index in [2.05, 4.69) is 11.9 Å². The number of carbonyl (C=O) groups is 1. The molecule has 1 aliphatic rings. The normalized spacial score (nSPS) is 17.1. The van der Waals surface area contributed by atoms with Crippen molar-refractivity contribution >= 4 is 17.3 Å². The van der Waals surface area contributed by atoms with Crippen LogP contribution in [0.4, 0.5) is 0 Å². The van der Waals surface area contributed by atoms with Crippen LogP contribution in [0.5, 0.6) is 0 Å². The molecule has 1 aromatic rings. The molecule has 0 spiro atoms. The molecule has 15 heavy (non-hydrogen) atoms. The highest BCUT2D eigenvalue weighted by molar-refractivity contribution is 7.13. The molecule has 1 heterocycles. The van der Waals surface area contributed by atoms with Crippen LogP contribution in [0.15, 0.2) is 0 Å². The third kappa shape index (κ3) is 2.04. The zero-order chi connectivity index (χ0) is 10.8. The second-order valence-electron chi connectivity index (χ2n) is 3.97. The average Bonchev–Trinajstić information content (AvgIpc) is 2.86. The summed E-state index contributed by atoms with van der Waals surface area (Å²) < 4.78 is 0. The van der Waals surface area contributed by atoms with Gasteiger partial charge in [0.25, 0.3) is 0 Å². The Hall–Kier alpha value is -0.900. The topological polar surface area (TPSA) is 50.2 Å². The number of rotatable bonds is 3. The molecule has 82 valence electrons. The number of carboxylic acids is 1. The molecule has 0 aromatic carbocycles. The Morgan fingerprint density at radius 1 is 1.53 bits per heavy atom. The van der Waals surface area contributed by atoms with E-state index in [1.807, 2.05) is 0 Å². The molecular weight excluding hydrogens is 210 g/mol. The molecule has 1 N–H and O–H groups in total. The van der Waals surface area contributed by atoms with Crippen LogP contribution in [0.1, 0.15) is 58.9 Å². The van der Waals surface area contributed by atoms with Crippen LogP contribution in [0.25, 0.3) is 0 Å². The van der Waals surface area contributed by atoms with Crippen molar-refractivity contribution in [2.24, 2.45) is 0 Å². The Kier molecular flexibility index (Phi) is 3.05. The number of aromatic nitrogens is 1. The molecule has 0 saturated heterocycles. The van der Waals surface area contributed by atoms with Gasteiger partial charge in [-0.15, -0.1) is 11.3 Å². The second kappa shape index (κ2) is 4.31. The fourth-order valence-electron chi connectivity index (χ4n) is 2.23. The van der Waals surface area contributed by atoms with Crippen LogP contribution in [0.2, 0.25) is 0 Å². The van der Waals surface area contributed by atoms with Crippen molar-refractivity contribution in [1.29, 1.82) is 0 Å². The first-order chi connectivity index (χ1) is 7.22. The SMILES string of the molecule is CCc1sc(C(=O)O)nc1C1CCCC1. The van der Waals surface area contributed by atoms with E-state index in [9.17, 15) is 4.79 Å². The number of hydrogen-bond donors (Lipinski definition) is 1. The van der Waals surface area contributed by atoms with Crippen molar-refractivity contribution in [3.8, 4) is 0 Å². The first kappa shape index (κ1) is 10.6. The monoisotopic (exact) mass is 225 g/mol. The van der Waals surface area contributed by atoms with Gasteiger partial charge in [0.1, 0.15) is 0 Å². The summed E-state index contributed by atoms with van der Waals surface area (Å²) >= 11 is 1.34. The number of hydrogen-bond acceptors (Lipinski definition) is 3. The first-order valence-corrected chi connectivity index (χ1v) is 6.27. The van der Waals surface area contributed by atoms with Gasteiger partial charge in [0.05, 0.1) is 5.69 Å². The van der Waals surface area contributed by atoms with Crippen LogP contribution < -0.4 is 0 Å². The molecular formula is C11H15NO2S. The van der Waals surface area contributed by atoms with Crippen LogP contribution >= 0.6 is 11.3 Å². The summed E-state index contributed by atoms with van der Waals surface area (Å²) in [5, 5.41) is 9.17. The fraction of sp³-hybridized carbons (Fsp3) is 0.636. The minimum atomic E-state index is -0.890. The van der Waals surface area contributed by atoms with Crippen molar-refractivity contribution in [1.82, 2.24) is 4.98 Å². The van der Waals surface area contributed by atoms with Gasteiger partial charge >= 0.3 is 5.97 Å². The van der Waals surface area contributed by atoms with E-state index in [4.69, 9.17) is 5.11 Å². The molecule has 0 amide bonds. The fourth-order valence-corrected chi connectivity index (χ4v) is 3.15. The molecule has 1 fully saturated rings. The molecule has 4 heteroatoms. The summed E-state index contributed by atoms with van der Waals surface area (Å²) in [7, 11) is 0. The minimum Gasteiger partial charge on any atom is -0.476 e. The summed E-state index contributed by atoms with van der Waals surface area (Å²) in [6, 6.07) is 0. The van der Waals surface area contributed by atoms with Crippen molar-refractivity contribution in [2.45, 2.75) is 44.9 Å². The molecule has 0 bridgehead atoms. The lowest BCUT2D eigenvalue weighted by atomic mass is 10.0. The average molecular weight is 225 g/mol. The molecule has 0 radical (unpaired) electrons. The lowest BCUT2D eigenvalue weighted by molar-refractivity contribution is 0.0696. The van der Waals surface area contributed by atoms with Gasteiger partial charge in [-0.2, -0.15) is 0 Å². The zero-order valence-electron chi connectivity index (χ0n) is 8.82. The van der Waals surface area contributed by atoms with Crippen molar-refractivity contribution < 1.29 is 9.90 Å². The quantitative estimate of drug-likeness (QED) is 0.860. The van der Waals surface area contributed by atoms with Crippen molar-refractivity contribution in [2.75, 3.05) is 0 Å². The Morgan fingerprint density at radius 2 is 2.20 bits per heavy atom. The summed E-state index contributed by atoms with van der Waals surface area (Å²) in [5.74, 6) is -0.372. The number of carboxylic acid groups (broad SMARTS) is 1. The number of thiazole rings is 1. The third-order valence-corrected chi connectivity index (χ3v) is 4.18. The number of aromatic carboxylic acids is 1. The Morgan fingerprint density at radius 3 is 2.73 bits per heavy atom. The highest BCUT2D eigenvalue weighted by Crippen LogP contribution is 2.37. The molecule has 1 aromatic heterocycles. The molecule has 2 rings (SSSR count). The van der Waals surface area contributed by atoms with Gasteiger partial charge in [-0.1, -0.05) is 19.8 Å². The second-order valence-corrected chi connectivity index (χ2v) is 5.05. The van der Waals surface area contributed by atoms with Gasteiger partial charge in [-0.3, -0.25) is 0 Å². The predicted octanol–water partition coefficient (Wildman–Crippen LogP) is 3.06. The maximum Gasteiger partial charge on any atom is 0.365 e. The lowest BCUT2D eigenvalue weighted by Crippen LogP contribution is -1.99. The maximum absolute atomic E-state index is 10.8. The predicted molar refractivity (Wildman–Crippen MR) is 59.7 cm³/mol. The lowest BCUT2D eigenvalue weighted by Gasteiger charge is -2.06. The van der Waals surface area contributed by atoms with E-state index in [-0.39, 0.29) is 5.01 Å². The minimum absolute atomic E-state index is 0.258. The van der Waals surface area contributed by atoms with E-state index >= 15 is 0 Å². The Labute approximate surface area is 93.2 Å². The van der Waals surface area contributed by atoms with E-state index < -0.39 is 5.97 Å². The third-order valence-electron chi connectivity index (χ3n) is 2.97. The van der Waals surface area contributed by atoms with Crippen LogP contribution in [0, 0.1) is 0 Å². The Balaban J connectivity index is 2.31.